The van der Waals surface area contributed by atoms with E-state index in [0.29, 0.717) is 60.2 Å². The summed E-state index contributed by atoms with van der Waals surface area (Å²) in [7, 11) is 2.12. The van der Waals surface area contributed by atoms with Crippen molar-refractivity contribution in [3.8, 4) is 28.8 Å². The number of aromatic nitrogens is 4. The summed E-state index contributed by atoms with van der Waals surface area (Å²) < 4.78 is 23.2. The van der Waals surface area contributed by atoms with Gasteiger partial charge in [0.25, 0.3) is 5.91 Å². The van der Waals surface area contributed by atoms with Crippen LogP contribution in [0.1, 0.15) is 46.6 Å². The van der Waals surface area contributed by atoms with E-state index in [1.807, 2.05) is 24.3 Å². The van der Waals surface area contributed by atoms with Gasteiger partial charge >= 0.3 is 0 Å². The lowest BCUT2D eigenvalue weighted by Gasteiger charge is -2.49. The third-order valence-electron chi connectivity index (χ3n) is 9.61. The van der Waals surface area contributed by atoms with E-state index >= 15 is 4.39 Å². The van der Waals surface area contributed by atoms with Crippen molar-refractivity contribution in [1.29, 1.82) is 5.26 Å². The van der Waals surface area contributed by atoms with Crippen molar-refractivity contribution in [1.82, 2.24) is 34.4 Å². The molecule has 4 aromatic rings. The zero-order chi connectivity index (χ0) is 34.2. The Morgan fingerprint density at radius 1 is 1.08 bits per heavy atom. The van der Waals surface area contributed by atoms with Crippen molar-refractivity contribution in [2.75, 3.05) is 39.0 Å². The molecule has 2 aromatic carbocycles. The molecule has 48 heavy (non-hydrogen) atoms. The van der Waals surface area contributed by atoms with E-state index in [-0.39, 0.29) is 34.9 Å². The molecule has 250 valence electrons. The lowest BCUT2D eigenvalue weighted by Crippen LogP contribution is -2.61. The Kier molecular flexibility index (Phi) is 9.18. The lowest BCUT2D eigenvalue weighted by atomic mass is 9.93. The molecule has 6 rings (SSSR count). The average molecular weight is 652 g/mol. The Morgan fingerprint density at radius 3 is 2.58 bits per heavy atom. The van der Waals surface area contributed by atoms with Crippen LogP contribution in [0.25, 0.3) is 22.3 Å². The fraction of sp³-hybridized carbons (Fsp3) is 0.417. The van der Waals surface area contributed by atoms with Gasteiger partial charge in [-0.3, -0.25) is 9.69 Å². The molecule has 0 spiro atoms. The highest BCUT2D eigenvalue weighted by Gasteiger charge is 2.37. The number of likely N-dealkylation sites (tertiary alicyclic amines) is 1. The summed E-state index contributed by atoms with van der Waals surface area (Å²) in [5.74, 6) is 0.274. The number of nitrogens with zero attached hydrogens (tertiary/aromatic N) is 8. The van der Waals surface area contributed by atoms with E-state index in [1.54, 1.807) is 33.8 Å². The topological polar surface area (TPSA) is 129 Å². The number of likely N-dealkylation sites (N-methyl/N-ethyl adjacent to an activating group) is 1. The quantitative estimate of drug-likeness (QED) is 0.206. The Bertz CT molecular complexity index is 1880. The first-order chi connectivity index (χ1) is 23.0. The number of nitrogen functional groups attached to an aromatic ring is 1. The van der Waals surface area contributed by atoms with Gasteiger partial charge in [-0.1, -0.05) is 18.2 Å². The van der Waals surface area contributed by atoms with Crippen molar-refractivity contribution in [3.63, 3.8) is 0 Å². The van der Waals surface area contributed by atoms with Gasteiger partial charge in [-0.15, -0.1) is 0 Å². The van der Waals surface area contributed by atoms with Crippen LogP contribution in [0.5, 0.6) is 11.5 Å². The molecule has 3 atom stereocenters. The van der Waals surface area contributed by atoms with Crippen molar-refractivity contribution in [2.24, 2.45) is 0 Å². The molecule has 11 nitrogen and oxygen atoms in total. The van der Waals surface area contributed by atoms with Gasteiger partial charge in [0.2, 0.25) is 0 Å². The van der Waals surface area contributed by atoms with E-state index < -0.39 is 11.4 Å². The summed E-state index contributed by atoms with van der Waals surface area (Å²) in [6.45, 7) is 11.1. The van der Waals surface area contributed by atoms with Crippen molar-refractivity contribution in [2.45, 2.75) is 64.2 Å². The highest BCUT2D eigenvalue weighted by atomic mass is 19.1. The number of para-hydroxylation sites is 1. The van der Waals surface area contributed by atoms with E-state index in [1.165, 1.54) is 12.4 Å². The maximum Gasteiger partial charge on any atom is 0.264 e. The largest absolute Gasteiger partial charge is 0.457 e. The number of piperidine rings is 1. The van der Waals surface area contributed by atoms with Crippen molar-refractivity contribution in [3.05, 3.63) is 72.3 Å². The molecule has 2 N–H and O–H groups in total. The highest BCUT2D eigenvalue weighted by molar-refractivity contribution is 5.99. The summed E-state index contributed by atoms with van der Waals surface area (Å²) >= 11 is 0. The van der Waals surface area contributed by atoms with Crippen LogP contribution < -0.4 is 10.5 Å². The van der Waals surface area contributed by atoms with Gasteiger partial charge in [0.1, 0.15) is 46.8 Å². The normalized spacial score (nSPS) is 21.3. The van der Waals surface area contributed by atoms with Crippen molar-refractivity contribution >= 4 is 22.8 Å². The third kappa shape index (κ3) is 6.48. The van der Waals surface area contributed by atoms with Crippen molar-refractivity contribution < 1.29 is 13.9 Å². The second-order valence-corrected chi connectivity index (χ2v) is 13.5. The zero-order valence-corrected chi connectivity index (χ0v) is 28.1. The number of carbonyl (C=O) groups is 1. The molecule has 0 bridgehead atoms. The minimum absolute atomic E-state index is 0.122. The third-order valence-corrected chi connectivity index (χ3v) is 9.61. The second-order valence-electron chi connectivity index (χ2n) is 13.5. The van der Waals surface area contributed by atoms with Crippen LogP contribution in [0.4, 0.5) is 10.2 Å². The molecular weight excluding hydrogens is 609 g/mol. The average Bonchev–Trinajstić information content (AvgIpc) is 3.46. The number of halogens is 1. The van der Waals surface area contributed by atoms with Crippen LogP contribution in [0, 0.1) is 17.1 Å². The predicted molar refractivity (Wildman–Crippen MR) is 183 cm³/mol. The number of benzene rings is 2. The molecule has 0 aliphatic carbocycles. The summed E-state index contributed by atoms with van der Waals surface area (Å²) in [5, 5.41) is 15.5. The van der Waals surface area contributed by atoms with E-state index in [9.17, 15) is 10.1 Å². The number of piperazine rings is 1. The molecule has 2 aliphatic rings. The predicted octanol–water partition coefficient (Wildman–Crippen LogP) is 5.42. The number of anilines is 1. The number of hydrogen-bond donors (Lipinski definition) is 1. The van der Waals surface area contributed by atoms with Crippen LogP contribution >= 0.6 is 0 Å². The van der Waals surface area contributed by atoms with Crippen LogP contribution in [-0.4, -0.2) is 91.2 Å². The molecule has 2 aliphatic heterocycles. The van der Waals surface area contributed by atoms with E-state index in [2.05, 4.69) is 60.6 Å². The van der Waals surface area contributed by atoms with Gasteiger partial charge in [-0.25, -0.2) is 19.0 Å². The zero-order valence-electron chi connectivity index (χ0n) is 28.1. The highest BCUT2D eigenvalue weighted by Crippen LogP contribution is 2.37. The van der Waals surface area contributed by atoms with Gasteiger partial charge in [-0.05, 0) is 77.9 Å². The molecule has 1 amide bonds. The number of rotatable bonds is 7. The van der Waals surface area contributed by atoms with E-state index in [0.717, 1.165) is 13.1 Å². The number of hydrogen-bond acceptors (Lipinski definition) is 9. The van der Waals surface area contributed by atoms with Gasteiger partial charge in [-0.2, -0.15) is 10.4 Å². The van der Waals surface area contributed by atoms with Crippen LogP contribution in [0.3, 0.4) is 0 Å². The summed E-state index contributed by atoms with van der Waals surface area (Å²) in [4.78, 5) is 29.0. The van der Waals surface area contributed by atoms with Crippen LogP contribution in [0.15, 0.2) is 66.5 Å². The van der Waals surface area contributed by atoms with Crippen LogP contribution in [0.2, 0.25) is 0 Å². The summed E-state index contributed by atoms with van der Waals surface area (Å²) in [6, 6.07) is 16.3. The molecule has 2 aromatic heterocycles. The number of fused-ring (bicyclic) bond motifs is 1. The van der Waals surface area contributed by atoms with Gasteiger partial charge in [0.05, 0.1) is 11.4 Å². The Labute approximate surface area is 280 Å². The fourth-order valence-corrected chi connectivity index (χ4v) is 7.00. The standard InChI is InChI=1S/C36H42FN9O2/c1-23-20-45(24(2)19-43(23)5)36(3,4)17-25(18-38)35(47)44-15-9-10-26(21-44)46-34-31(33(39)40-22-41-34)32(42-46)29-14-13-28(16-30(29)37)48-27-11-7-6-8-12-27/h6-8,11-14,16-17,22-24,26H,9-10,15,19-21H2,1-5H3,(H2,39,40,41)/t23-,24+,26-/m1/s1. The number of ether oxygens (including phenoxy) is 1. The summed E-state index contributed by atoms with van der Waals surface area (Å²) in [6.07, 6.45) is 4.58. The molecule has 12 heteroatoms. The second kappa shape index (κ2) is 13.3. The van der Waals surface area contributed by atoms with Gasteiger partial charge < -0.3 is 20.3 Å². The van der Waals surface area contributed by atoms with Crippen LogP contribution in [-0.2, 0) is 4.79 Å². The van der Waals surface area contributed by atoms with Gasteiger partial charge in [0.15, 0.2) is 5.65 Å². The van der Waals surface area contributed by atoms with Gasteiger partial charge in [0, 0.05) is 55.4 Å². The fourth-order valence-electron chi connectivity index (χ4n) is 7.00. The Balaban J connectivity index is 1.27. The monoisotopic (exact) mass is 651 g/mol. The maximum absolute atomic E-state index is 15.7. The first kappa shape index (κ1) is 33.1. The first-order valence-corrected chi connectivity index (χ1v) is 16.4. The molecule has 2 saturated heterocycles. The Morgan fingerprint density at radius 2 is 1.85 bits per heavy atom. The Hall–Kier alpha value is -4.86. The SMILES string of the molecule is C[C@@H]1CN(C(C)(C)C=C(C#N)C(=O)N2CCC[C@@H](n3nc(-c4ccc(Oc5ccccc5)cc4F)c4c(N)ncnc43)C2)[C@@H](C)CN1C. The number of carbonyl (C=O) groups excluding carboxylic acids is 1. The molecular formula is C36H42FN9O2. The molecule has 0 unspecified atom stereocenters. The minimum Gasteiger partial charge on any atom is -0.457 e. The number of nitriles is 1. The molecule has 2 fully saturated rings. The summed E-state index contributed by atoms with van der Waals surface area (Å²) in [5.41, 5.74) is 6.95. The molecule has 0 radical (unpaired) electrons. The minimum atomic E-state index is -0.533. The number of amides is 1. The molecule has 4 heterocycles. The number of nitrogens with two attached hydrogens (primary N) is 1. The first-order valence-electron chi connectivity index (χ1n) is 16.4. The maximum atomic E-state index is 15.7. The smallest absolute Gasteiger partial charge is 0.264 e. The van der Waals surface area contributed by atoms with E-state index in [4.69, 9.17) is 15.6 Å². The lowest BCUT2D eigenvalue weighted by molar-refractivity contribution is -0.128. The molecule has 0 saturated carbocycles.